The predicted octanol–water partition coefficient (Wildman–Crippen LogP) is 2.00. The Balaban J connectivity index is 1.92. The maximum Gasteiger partial charge on any atom is 0.222 e. The molecule has 1 saturated carbocycles. The van der Waals surface area contributed by atoms with E-state index in [1.165, 1.54) is 0 Å². The minimum atomic E-state index is -0.0740. The fraction of sp³-hybridized carbons (Fsp3) is 0.533. The van der Waals surface area contributed by atoms with Crippen LogP contribution in [0.3, 0.4) is 0 Å². The van der Waals surface area contributed by atoms with Crippen LogP contribution in [0.5, 0.6) is 5.75 Å². The van der Waals surface area contributed by atoms with E-state index < -0.39 is 0 Å². The third-order valence-electron chi connectivity index (χ3n) is 3.63. The lowest BCUT2D eigenvalue weighted by Crippen LogP contribution is -2.34. The first kappa shape index (κ1) is 13.9. The second-order valence-electron chi connectivity index (χ2n) is 5.24. The van der Waals surface area contributed by atoms with E-state index in [9.17, 15) is 4.79 Å². The number of nitrogens with two attached hydrogens (primary N) is 1. The zero-order valence-corrected chi connectivity index (χ0v) is 11.6. The van der Waals surface area contributed by atoms with E-state index in [4.69, 9.17) is 10.5 Å². The SMILES string of the molecule is COc1ccccc1C(C)NC(=O)CC(N)C1CC1. The maximum atomic E-state index is 11.9. The van der Waals surface area contributed by atoms with Crippen LogP contribution in [0.15, 0.2) is 24.3 Å². The summed E-state index contributed by atoms with van der Waals surface area (Å²) in [6.45, 7) is 1.96. The smallest absolute Gasteiger partial charge is 0.222 e. The van der Waals surface area contributed by atoms with Gasteiger partial charge in [-0.3, -0.25) is 4.79 Å². The van der Waals surface area contributed by atoms with Crippen LogP contribution in [0.1, 0.15) is 37.8 Å². The van der Waals surface area contributed by atoms with E-state index in [2.05, 4.69) is 5.32 Å². The quantitative estimate of drug-likeness (QED) is 0.824. The van der Waals surface area contributed by atoms with Gasteiger partial charge in [0.15, 0.2) is 0 Å². The number of methoxy groups -OCH3 is 1. The molecular formula is C15H22N2O2. The highest BCUT2D eigenvalue weighted by atomic mass is 16.5. The Morgan fingerprint density at radius 1 is 1.47 bits per heavy atom. The first-order valence-electron chi connectivity index (χ1n) is 6.79. The van der Waals surface area contributed by atoms with Crippen molar-refractivity contribution in [1.82, 2.24) is 5.32 Å². The van der Waals surface area contributed by atoms with Gasteiger partial charge in [-0.25, -0.2) is 0 Å². The lowest BCUT2D eigenvalue weighted by Gasteiger charge is -2.18. The molecule has 1 fully saturated rings. The van der Waals surface area contributed by atoms with E-state index in [1.807, 2.05) is 31.2 Å². The third kappa shape index (κ3) is 3.70. The molecule has 1 aliphatic carbocycles. The van der Waals surface area contributed by atoms with Gasteiger partial charge in [-0.1, -0.05) is 18.2 Å². The number of para-hydroxylation sites is 1. The van der Waals surface area contributed by atoms with Gasteiger partial charge in [0, 0.05) is 18.0 Å². The molecule has 19 heavy (non-hydrogen) atoms. The molecule has 2 unspecified atom stereocenters. The van der Waals surface area contributed by atoms with Crippen molar-refractivity contribution in [2.24, 2.45) is 11.7 Å². The fourth-order valence-corrected chi connectivity index (χ4v) is 2.31. The minimum absolute atomic E-state index is 0.00451. The second-order valence-corrected chi connectivity index (χ2v) is 5.24. The monoisotopic (exact) mass is 262 g/mol. The summed E-state index contributed by atoms with van der Waals surface area (Å²) in [7, 11) is 1.64. The molecule has 4 nitrogen and oxygen atoms in total. The molecule has 0 heterocycles. The van der Waals surface area contributed by atoms with E-state index in [0.29, 0.717) is 12.3 Å². The summed E-state index contributed by atoms with van der Waals surface area (Å²) in [6.07, 6.45) is 2.73. The normalized spacial score (nSPS) is 17.6. The zero-order chi connectivity index (χ0) is 13.8. The van der Waals surface area contributed by atoms with Gasteiger partial charge in [-0.15, -0.1) is 0 Å². The van der Waals surface area contributed by atoms with Crippen molar-refractivity contribution in [3.05, 3.63) is 29.8 Å². The van der Waals surface area contributed by atoms with Gasteiger partial charge >= 0.3 is 0 Å². The molecular weight excluding hydrogens is 240 g/mol. The topological polar surface area (TPSA) is 64.3 Å². The second kappa shape index (κ2) is 6.06. The molecule has 0 radical (unpaired) electrons. The van der Waals surface area contributed by atoms with Crippen molar-refractivity contribution in [2.45, 2.75) is 38.3 Å². The molecule has 2 atom stereocenters. The van der Waals surface area contributed by atoms with E-state index in [0.717, 1.165) is 24.2 Å². The van der Waals surface area contributed by atoms with Crippen molar-refractivity contribution in [2.75, 3.05) is 7.11 Å². The largest absolute Gasteiger partial charge is 0.496 e. The van der Waals surface area contributed by atoms with Crippen molar-refractivity contribution in [3.8, 4) is 5.75 Å². The van der Waals surface area contributed by atoms with Crippen LogP contribution in [0, 0.1) is 5.92 Å². The first-order chi connectivity index (χ1) is 9.11. The summed E-state index contributed by atoms with van der Waals surface area (Å²) in [5, 5.41) is 2.99. The number of nitrogens with one attached hydrogen (secondary N) is 1. The maximum absolute atomic E-state index is 11.9. The fourth-order valence-electron chi connectivity index (χ4n) is 2.31. The molecule has 1 aliphatic rings. The third-order valence-corrected chi connectivity index (χ3v) is 3.63. The van der Waals surface area contributed by atoms with Crippen LogP contribution < -0.4 is 15.8 Å². The number of carbonyl (C=O) groups excluding carboxylic acids is 1. The molecule has 1 aromatic carbocycles. The summed E-state index contributed by atoms with van der Waals surface area (Å²) in [5.41, 5.74) is 6.95. The summed E-state index contributed by atoms with van der Waals surface area (Å²) in [5.74, 6) is 1.35. The van der Waals surface area contributed by atoms with Crippen molar-refractivity contribution in [1.29, 1.82) is 0 Å². The Kier molecular flexibility index (Phi) is 4.43. The van der Waals surface area contributed by atoms with Gasteiger partial charge in [-0.05, 0) is 31.7 Å². The van der Waals surface area contributed by atoms with Crippen molar-refractivity contribution in [3.63, 3.8) is 0 Å². The van der Waals surface area contributed by atoms with Crippen LogP contribution in [-0.2, 0) is 4.79 Å². The Morgan fingerprint density at radius 3 is 2.79 bits per heavy atom. The van der Waals surface area contributed by atoms with E-state index >= 15 is 0 Å². The average molecular weight is 262 g/mol. The number of hydrogen-bond acceptors (Lipinski definition) is 3. The highest BCUT2D eigenvalue weighted by Gasteiger charge is 2.30. The van der Waals surface area contributed by atoms with Crippen LogP contribution in [0.2, 0.25) is 0 Å². The molecule has 1 aromatic rings. The molecule has 4 heteroatoms. The Bertz CT molecular complexity index is 444. The van der Waals surface area contributed by atoms with Crippen LogP contribution >= 0.6 is 0 Å². The highest BCUT2D eigenvalue weighted by molar-refractivity contribution is 5.77. The molecule has 1 amide bonds. The van der Waals surface area contributed by atoms with E-state index in [-0.39, 0.29) is 18.0 Å². The first-order valence-corrected chi connectivity index (χ1v) is 6.79. The molecule has 2 rings (SSSR count). The van der Waals surface area contributed by atoms with Gasteiger partial charge in [0.1, 0.15) is 5.75 Å². The molecule has 0 spiro atoms. The summed E-state index contributed by atoms with van der Waals surface area (Å²) >= 11 is 0. The molecule has 0 aliphatic heterocycles. The van der Waals surface area contributed by atoms with Crippen LogP contribution in [0.25, 0.3) is 0 Å². The molecule has 104 valence electrons. The number of ether oxygens (including phenoxy) is 1. The van der Waals surface area contributed by atoms with Crippen LogP contribution in [0.4, 0.5) is 0 Å². The summed E-state index contributed by atoms with van der Waals surface area (Å²) in [4.78, 5) is 11.9. The van der Waals surface area contributed by atoms with Gasteiger partial charge in [0.25, 0.3) is 0 Å². The van der Waals surface area contributed by atoms with Crippen LogP contribution in [-0.4, -0.2) is 19.1 Å². The zero-order valence-electron chi connectivity index (χ0n) is 11.6. The van der Waals surface area contributed by atoms with Crippen molar-refractivity contribution < 1.29 is 9.53 Å². The number of carbonyl (C=O) groups is 1. The minimum Gasteiger partial charge on any atom is -0.496 e. The number of rotatable bonds is 6. The lowest BCUT2D eigenvalue weighted by molar-refractivity contribution is -0.122. The molecule has 3 N–H and O–H groups in total. The standard InChI is InChI=1S/C15H22N2O2/c1-10(12-5-3-4-6-14(12)19-2)17-15(18)9-13(16)11-7-8-11/h3-6,10-11,13H,7-9,16H2,1-2H3,(H,17,18). The number of benzene rings is 1. The number of hydrogen-bond donors (Lipinski definition) is 2. The van der Waals surface area contributed by atoms with Gasteiger partial charge in [0.05, 0.1) is 13.2 Å². The Labute approximate surface area is 114 Å². The Morgan fingerprint density at radius 2 is 2.16 bits per heavy atom. The molecule has 0 aromatic heterocycles. The summed E-state index contributed by atoms with van der Waals surface area (Å²) in [6, 6.07) is 7.65. The highest BCUT2D eigenvalue weighted by Crippen LogP contribution is 2.33. The Hall–Kier alpha value is -1.55. The van der Waals surface area contributed by atoms with Crippen molar-refractivity contribution >= 4 is 5.91 Å². The molecule has 0 bridgehead atoms. The average Bonchev–Trinajstić information content (AvgIpc) is 3.22. The van der Waals surface area contributed by atoms with Gasteiger partial charge < -0.3 is 15.8 Å². The lowest BCUT2D eigenvalue weighted by atomic mass is 10.1. The van der Waals surface area contributed by atoms with E-state index in [1.54, 1.807) is 7.11 Å². The predicted molar refractivity (Wildman–Crippen MR) is 74.9 cm³/mol. The summed E-state index contributed by atoms with van der Waals surface area (Å²) < 4.78 is 5.30. The van der Waals surface area contributed by atoms with Gasteiger partial charge in [-0.2, -0.15) is 0 Å². The van der Waals surface area contributed by atoms with Gasteiger partial charge in [0.2, 0.25) is 5.91 Å². The number of amides is 1. The molecule has 0 saturated heterocycles.